The van der Waals surface area contributed by atoms with Gasteiger partial charge in [0.25, 0.3) is 0 Å². The lowest BCUT2D eigenvalue weighted by atomic mass is 10.3. The summed E-state index contributed by atoms with van der Waals surface area (Å²) in [5, 5.41) is 0.527. The monoisotopic (exact) mass is 315 g/mol. The highest BCUT2D eigenvalue weighted by Gasteiger charge is 2.17. The van der Waals surface area contributed by atoms with Crippen LogP contribution in [0.3, 0.4) is 0 Å². The van der Waals surface area contributed by atoms with Crippen LogP contribution in [0.2, 0.25) is 10.0 Å². The van der Waals surface area contributed by atoms with Gasteiger partial charge in [-0.05, 0) is 31.5 Å². The van der Waals surface area contributed by atoms with E-state index in [2.05, 4.69) is 4.72 Å². The molecule has 0 spiro atoms. The average molecular weight is 317 g/mol. The Kier molecular flexibility index (Phi) is 5.54. The molecule has 0 aromatic heterocycles. The zero-order chi connectivity index (χ0) is 13.1. The molecule has 7 heteroatoms. The summed E-state index contributed by atoms with van der Waals surface area (Å²) in [5.74, 6) is 0.394. The van der Waals surface area contributed by atoms with Crippen LogP contribution >= 0.6 is 34.8 Å². The van der Waals surface area contributed by atoms with E-state index in [0.717, 1.165) is 0 Å². The first-order valence-corrected chi connectivity index (χ1v) is 7.67. The Morgan fingerprint density at radius 2 is 1.94 bits per heavy atom. The summed E-state index contributed by atoms with van der Waals surface area (Å²) in [7, 11) is -3.57. The minimum absolute atomic E-state index is 0.0910. The van der Waals surface area contributed by atoms with Gasteiger partial charge in [-0.3, -0.25) is 0 Å². The van der Waals surface area contributed by atoms with E-state index in [-0.39, 0.29) is 16.0 Å². The zero-order valence-corrected chi connectivity index (χ0v) is 12.2. The molecule has 1 aromatic rings. The molecule has 1 aromatic carbocycles. The summed E-state index contributed by atoms with van der Waals surface area (Å²) in [4.78, 5) is 0.0910. The van der Waals surface area contributed by atoms with Crippen molar-refractivity contribution in [2.24, 2.45) is 0 Å². The summed E-state index contributed by atoms with van der Waals surface area (Å²) in [6, 6.07) is 3.95. The van der Waals surface area contributed by atoms with Crippen molar-refractivity contribution < 1.29 is 8.42 Å². The molecule has 0 radical (unpaired) electrons. The van der Waals surface area contributed by atoms with E-state index in [1.54, 1.807) is 6.92 Å². The molecule has 0 saturated carbocycles. The van der Waals surface area contributed by atoms with Crippen LogP contribution in [0, 0.1) is 0 Å². The summed E-state index contributed by atoms with van der Waals surface area (Å²) in [6.45, 7) is 1.75. The predicted molar refractivity (Wildman–Crippen MR) is 71.6 cm³/mol. The van der Waals surface area contributed by atoms with E-state index in [4.69, 9.17) is 34.8 Å². The molecule has 0 saturated heterocycles. The third-order valence-electron chi connectivity index (χ3n) is 2.10. The minimum atomic E-state index is -3.57. The fourth-order valence-electron chi connectivity index (χ4n) is 1.20. The smallest absolute Gasteiger partial charge is 0.208 e. The number of benzene rings is 1. The third-order valence-corrected chi connectivity index (χ3v) is 4.64. The van der Waals surface area contributed by atoms with Gasteiger partial charge in [0.05, 0.1) is 14.9 Å². The van der Waals surface area contributed by atoms with E-state index in [1.807, 2.05) is 0 Å². The van der Waals surface area contributed by atoms with Crippen molar-refractivity contribution in [2.45, 2.75) is 24.3 Å². The van der Waals surface area contributed by atoms with Crippen molar-refractivity contribution in [3.63, 3.8) is 0 Å². The van der Waals surface area contributed by atoms with Crippen molar-refractivity contribution in [1.29, 1.82) is 0 Å². The Hall–Kier alpha value is -0.000000000000000111. The number of rotatable bonds is 5. The molecule has 1 N–H and O–H groups in total. The van der Waals surface area contributed by atoms with Crippen molar-refractivity contribution >= 4 is 44.8 Å². The van der Waals surface area contributed by atoms with Gasteiger partial charge in [-0.15, -0.1) is 11.6 Å². The van der Waals surface area contributed by atoms with Gasteiger partial charge in [0.15, 0.2) is 0 Å². The molecule has 0 aliphatic carbocycles. The van der Waals surface area contributed by atoms with Crippen LogP contribution < -0.4 is 4.72 Å². The number of alkyl halides is 1. The second kappa shape index (κ2) is 6.25. The predicted octanol–water partition coefficient (Wildman–Crippen LogP) is 3.29. The second-order valence-corrected chi connectivity index (χ2v) is 6.48. The van der Waals surface area contributed by atoms with Gasteiger partial charge in [0.1, 0.15) is 0 Å². The zero-order valence-electron chi connectivity index (χ0n) is 9.08. The molecule has 1 rings (SSSR count). The van der Waals surface area contributed by atoms with Gasteiger partial charge < -0.3 is 0 Å². The molecule has 17 heavy (non-hydrogen) atoms. The molecule has 1 atom stereocenters. The van der Waals surface area contributed by atoms with Crippen LogP contribution in [0.4, 0.5) is 0 Å². The first-order chi connectivity index (χ1) is 7.86. The first kappa shape index (κ1) is 15.1. The molecule has 0 bridgehead atoms. The van der Waals surface area contributed by atoms with E-state index in [9.17, 15) is 8.42 Å². The Bertz CT molecular complexity index is 490. The molecule has 96 valence electrons. The van der Waals surface area contributed by atoms with Gasteiger partial charge in [-0.2, -0.15) is 0 Å². The fourth-order valence-corrected chi connectivity index (χ4v) is 3.19. The van der Waals surface area contributed by atoms with Crippen molar-refractivity contribution in [1.82, 2.24) is 4.72 Å². The summed E-state index contributed by atoms with van der Waals surface area (Å²) < 4.78 is 26.4. The summed E-state index contributed by atoms with van der Waals surface area (Å²) in [6.07, 6.45) is 0.558. The fraction of sp³-hybridized carbons (Fsp3) is 0.400. The van der Waals surface area contributed by atoms with Gasteiger partial charge >= 0.3 is 0 Å². The van der Waals surface area contributed by atoms with Crippen LogP contribution in [0.1, 0.15) is 13.3 Å². The Morgan fingerprint density at radius 3 is 2.47 bits per heavy atom. The van der Waals surface area contributed by atoms with Crippen molar-refractivity contribution in [2.75, 3.05) is 5.88 Å². The maximum absolute atomic E-state index is 11.9. The lowest BCUT2D eigenvalue weighted by Gasteiger charge is -2.13. The molecule has 0 amide bonds. The molecule has 0 heterocycles. The van der Waals surface area contributed by atoms with Crippen LogP contribution in [0.5, 0.6) is 0 Å². The average Bonchev–Trinajstić information content (AvgIpc) is 2.21. The Morgan fingerprint density at radius 1 is 1.29 bits per heavy atom. The summed E-state index contributed by atoms with van der Waals surface area (Å²) in [5.41, 5.74) is 0. The molecule has 1 unspecified atom stereocenters. The molecule has 0 aliphatic rings. The molecular formula is C10H12Cl3NO2S. The van der Waals surface area contributed by atoms with Crippen LogP contribution in [0.15, 0.2) is 23.1 Å². The number of halogens is 3. The van der Waals surface area contributed by atoms with Crippen LogP contribution in [-0.4, -0.2) is 20.3 Å². The highest BCUT2D eigenvalue weighted by atomic mass is 35.5. The van der Waals surface area contributed by atoms with Gasteiger partial charge in [-0.25, -0.2) is 13.1 Å². The number of hydrogen-bond acceptors (Lipinski definition) is 2. The van der Waals surface area contributed by atoms with Crippen LogP contribution in [-0.2, 0) is 10.0 Å². The van der Waals surface area contributed by atoms with E-state index >= 15 is 0 Å². The maximum Gasteiger partial charge on any atom is 0.240 e. The number of sulfonamides is 1. The largest absolute Gasteiger partial charge is 0.240 e. The highest BCUT2D eigenvalue weighted by Crippen LogP contribution is 2.24. The molecule has 0 fully saturated rings. The van der Waals surface area contributed by atoms with E-state index in [0.29, 0.717) is 17.3 Å². The van der Waals surface area contributed by atoms with Crippen LogP contribution in [0.25, 0.3) is 0 Å². The lowest BCUT2D eigenvalue weighted by molar-refractivity contribution is 0.556. The second-order valence-electron chi connectivity index (χ2n) is 3.58. The topological polar surface area (TPSA) is 46.2 Å². The van der Waals surface area contributed by atoms with Crippen molar-refractivity contribution in [3.8, 4) is 0 Å². The Balaban J connectivity index is 2.93. The molecule has 0 aliphatic heterocycles. The quantitative estimate of drug-likeness (QED) is 0.847. The van der Waals surface area contributed by atoms with Gasteiger partial charge in [0.2, 0.25) is 10.0 Å². The standard InChI is InChI=1S/C10H12Cl3NO2S/c1-7(4-5-11)14-17(15,16)8-2-3-9(12)10(13)6-8/h2-3,6-7,14H,4-5H2,1H3. The number of hydrogen-bond donors (Lipinski definition) is 1. The summed E-state index contributed by atoms with van der Waals surface area (Å²) >= 11 is 17.0. The Labute approximate surface area is 116 Å². The third kappa shape index (κ3) is 4.30. The van der Waals surface area contributed by atoms with Crippen molar-refractivity contribution in [3.05, 3.63) is 28.2 Å². The van der Waals surface area contributed by atoms with Gasteiger partial charge in [0, 0.05) is 11.9 Å². The SMILES string of the molecule is CC(CCCl)NS(=O)(=O)c1ccc(Cl)c(Cl)c1. The highest BCUT2D eigenvalue weighted by molar-refractivity contribution is 7.89. The minimum Gasteiger partial charge on any atom is -0.208 e. The molecule has 3 nitrogen and oxygen atoms in total. The maximum atomic E-state index is 11.9. The normalized spacial score (nSPS) is 13.6. The first-order valence-electron chi connectivity index (χ1n) is 4.90. The lowest BCUT2D eigenvalue weighted by Crippen LogP contribution is -2.32. The van der Waals surface area contributed by atoms with E-state index < -0.39 is 10.0 Å². The molecular weight excluding hydrogens is 305 g/mol. The van der Waals surface area contributed by atoms with E-state index in [1.165, 1.54) is 18.2 Å². The number of nitrogens with one attached hydrogen (secondary N) is 1. The van der Waals surface area contributed by atoms with Gasteiger partial charge in [-0.1, -0.05) is 23.2 Å².